The Morgan fingerprint density at radius 3 is 2.56 bits per heavy atom. The summed E-state index contributed by atoms with van der Waals surface area (Å²) >= 11 is 6.76. The Hall–Kier alpha value is -1.13. The fraction of sp³-hybridized carbons (Fsp3) is 0.0714. The van der Waals surface area contributed by atoms with E-state index in [1.165, 1.54) is 0 Å². The predicted molar refractivity (Wildman–Crippen MR) is 78.5 cm³/mol. The topological polar surface area (TPSA) is 26.3 Å². The molecular formula is C14H10Br2O2. The van der Waals surface area contributed by atoms with E-state index < -0.39 is 0 Å². The highest BCUT2D eigenvalue weighted by atomic mass is 79.9. The smallest absolute Gasteiger partial charge is 0.153 e. The van der Waals surface area contributed by atoms with Gasteiger partial charge in [0.15, 0.2) is 6.29 Å². The van der Waals surface area contributed by atoms with Gasteiger partial charge in [0, 0.05) is 8.95 Å². The molecule has 0 fully saturated rings. The Morgan fingerprint density at radius 1 is 1.11 bits per heavy atom. The molecule has 0 N–H and O–H groups in total. The van der Waals surface area contributed by atoms with Crippen LogP contribution in [0.3, 0.4) is 0 Å². The van der Waals surface area contributed by atoms with Gasteiger partial charge in [-0.3, -0.25) is 4.79 Å². The Kier molecular flexibility index (Phi) is 4.19. The molecule has 0 saturated carbocycles. The van der Waals surface area contributed by atoms with Gasteiger partial charge in [0.05, 0.1) is 5.56 Å². The molecule has 0 heterocycles. The average Bonchev–Trinajstić information content (AvgIpc) is 2.36. The third kappa shape index (κ3) is 3.00. The molecule has 0 bridgehead atoms. The number of hydrogen-bond donors (Lipinski definition) is 0. The fourth-order valence-electron chi connectivity index (χ4n) is 1.51. The number of benzene rings is 2. The highest BCUT2D eigenvalue weighted by molar-refractivity contribution is 9.10. The number of rotatable bonds is 3. The van der Waals surface area contributed by atoms with Crippen LogP contribution in [-0.2, 0) is 0 Å². The molecule has 0 radical (unpaired) electrons. The van der Waals surface area contributed by atoms with Gasteiger partial charge in [0.1, 0.15) is 11.5 Å². The standard InChI is InChI=1S/C14H10Br2O2/c1-9-6-12(3-4-13(9)16)18-14-5-2-11(15)7-10(14)8-17/h2-8H,1H3. The van der Waals surface area contributed by atoms with Crippen LogP contribution >= 0.6 is 31.9 Å². The molecule has 2 aromatic rings. The summed E-state index contributed by atoms with van der Waals surface area (Å²) < 4.78 is 7.60. The Balaban J connectivity index is 2.33. The zero-order valence-corrected chi connectivity index (χ0v) is 12.8. The molecule has 0 aliphatic rings. The summed E-state index contributed by atoms with van der Waals surface area (Å²) in [6.07, 6.45) is 0.784. The average molecular weight is 370 g/mol. The molecule has 2 rings (SSSR count). The Bertz CT molecular complexity index is 594. The van der Waals surface area contributed by atoms with Crippen LogP contribution in [0.4, 0.5) is 0 Å². The van der Waals surface area contributed by atoms with E-state index in [2.05, 4.69) is 31.9 Å². The van der Waals surface area contributed by atoms with Gasteiger partial charge in [-0.05, 0) is 48.9 Å². The van der Waals surface area contributed by atoms with Crippen molar-refractivity contribution in [1.82, 2.24) is 0 Å². The maximum absolute atomic E-state index is 11.0. The van der Waals surface area contributed by atoms with Crippen molar-refractivity contribution in [3.8, 4) is 11.5 Å². The minimum atomic E-state index is 0.518. The van der Waals surface area contributed by atoms with Crippen LogP contribution in [0, 0.1) is 6.92 Å². The normalized spacial score (nSPS) is 10.2. The highest BCUT2D eigenvalue weighted by Gasteiger charge is 2.06. The van der Waals surface area contributed by atoms with Crippen LogP contribution in [0.2, 0.25) is 0 Å². The summed E-state index contributed by atoms with van der Waals surface area (Å²) in [5, 5.41) is 0. The van der Waals surface area contributed by atoms with E-state index in [1.807, 2.05) is 31.2 Å². The number of halogens is 2. The molecule has 92 valence electrons. The largest absolute Gasteiger partial charge is 0.457 e. The van der Waals surface area contributed by atoms with Crippen molar-refractivity contribution in [2.45, 2.75) is 6.92 Å². The van der Waals surface area contributed by atoms with E-state index in [1.54, 1.807) is 12.1 Å². The number of aryl methyl sites for hydroxylation is 1. The van der Waals surface area contributed by atoms with Gasteiger partial charge >= 0.3 is 0 Å². The summed E-state index contributed by atoms with van der Waals surface area (Å²) in [7, 11) is 0. The van der Waals surface area contributed by atoms with Crippen LogP contribution in [0.15, 0.2) is 45.3 Å². The van der Waals surface area contributed by atoms with Crippen LogP contribution < -0.4 is 4.74 Å². The monoisotopic (exact) mass is 368 g/mol. The van der Waals surface area contributed by atoms with Gasteiger partial charge in [-0.15, -0.1) is 0 Å². The Morgan fingerprint density at radius 2 is 1.89 bits per heavy atom. The lowest BCUT2D eigenvalue weighted by Crippen LogP contribution is -1.91. The molecule has 2 nitrogen and oxygen atoms in total. The minimum Gasteiger partial charge on any atom is -0.457 e. The lowest BCUT2D eigenvalue weighted by molar-refractivity contribution is 0.112. The quantitative estimate of drug-likeness (QED) is 0.701. The van der Waals surface area contributed by atoms with Gasteiger partial charge in [-0.1, -0.05) is 31.9 Å². The molecule has 0 saturated heterocycles. The van der Waals surface area contributed by atoms with Crippen LogP contribution in [-0.4, -0.2) is 6.29 Å². The van der Waals surface area contributed by atoms with Crippen molar-refractivity contribution in [1.29, 1.82) is 0 Å². The van der Waals surface area contributed by atoms with Gasteiger partial charge in [-0.25, -0.2) is 0 Å². The van der Waals surface area contributed by atoms with E-state index in [0.717, 1.165) is 20.8 Å². The maximum atomic E-state index is 11.0. The first kappa shape index (κ1) is 13.3. The van der Waals surface area contributed by atoms with Crippen molar-refractivity contribution in [3.63, 3.8) is 0 Å². The number of carbonyl (C=O) groups is 1. The number of hydrogen-bond acceptors (Lipinski definition) is 2. The lowest BCUT2D eigenvalue weighted by atomic mass is 10.2. The molecule has 0 unspecified atom stereocenters. The summed E-state index contributed by atoms with van der Waals surface area (Å²) in [6.45, 7) is 1.99. The summed E-state index contributed by atoms with van der Waals surface area (Å²) in [6, 6.07) is 11.0. The molecule has 2 aromatic carbocycles. The number of aldehydes is 1. The third-order valence-corrected chi connectivity index (χ3v) is 3.84. The fourth-order valence-corrected chi connectivity index (χ4v) is 2.14. The molecule has 0 aliphatic carbocycles. The zero-order valence-electron chi connectivity index (χ0n) is 9.61. The zero-order chi connectivity index (χ0) is 13.1. The summed E-state index contributed by atoms with van der Waals surface area (Å²) in [5.74, 6) is 1.26. The molecule has 18 heavy (non-hydrogen) atoms. The van der Waals surface area contributed by atoms with E-state index in [0.29, 0.717) is 17.1 Å². The SMILES string of the molecule is Cc1cc(Oc2ccc(Br)cc2C=O)ccc1Br. The molecule has 0 aromatic heterocycles. The maximum Gasteiger partial charge on any atom is 0.153 e. The van der Waals surface area contributed by atoms with Gasteiger partial charge in [-0.2, -0.15) is 0 Å². The second-order valence-corrected chi connectivity index (χ2v) is 5.58. The van der Waals surface area contributed by atoms with E-state index in [9.17, 15) is 4.79 Å². The van der Waals surface area contributed by atoms with Gasteiger partial charge in [0.25, 0.3) is 0 Å². The Labute approximate surface area is 122 Å². The van der Waals surface area contributed by atoms with Gasteiger partial charge in [0.2, 0.25) is 0 Å². The second kappa shape index (κ2) is 5.67. The molecule has 0 amide bonds. The van der Waals surface area contributed by atoms with Gasteiger partial charge < -0.3 is 4.74 Å². The lowest BCUT2D eigenvalue weighted by Gasteiger charge is -2.09. The van der Waals surface area contributed by atoms with Crippen molar-refractivity contribution in [2.24, 2.45) is 0 Å². The third-order valence-electron chi connectivity index (χ3n) is 2.46. The van der Waals surface area contributed by atoms with Crippen LogP contribution in [0.5, 0.6) is 11.5 Å². The van der Waals surface area contributed by atoms with E-state index >= 15 is 0 Å². The summed E-state index contributed by atoms with van der Waals surface area (Å²) in [4.78, 5) is 11.0. The minimum absolute atomic E-state index is 0.518. The van der Waals surface area contributed by atoms with E-state index in [-0.39, 0.29) is 0 Å². The number of carbonyl (C=O) groups excluding carboxylic acids is 1. The molecular weight excluding hydrogens is 360 g/mol. The number of ether oxygens (including phenoxy) is 1. The molecule has 4 heteroatoms. The highest BCUT2D eigenvalue weighted by Crippen LogP contribution is 2.29. The first-order valence-electron chi connectivity index (χ1n) is 5.29. The van der Waals surface area contributed by atoms with Crippen LogP contribution in [0.25, 0.3) is 0 Å². The van der Waals surface area contributed by atoms with Crippen LogP contribution in [0.1, 0.15) is 15.9 Å². The molecule has 0 spiro atoms. The first-order valence-corrected chi connectivity index (χ1v) is 6.87. The van der Waals surface area contributed by atoms with Crippen molar-refractivity contribution >= 4 is 38.1 Å². The molecule has 0 aliphatic heterocycles. The van der Waals surface area contributed by atoms with Crippen molar-refractivity contribution in [2.75, 3.05) is 0 Å². The summed E-state index contributed by atoms with van der Waals surface area (Å²) in [5.41, 5.74) is 1.60. The first-order chi connectivity index (χ1) is 8.60. The van der Waals surface area contributed by atoms with E-state index in [4.69, 9.17) is 4.74 Å². The molecule has 0 atom stereocenters. The van der Waals surface area contributed by atoms with Crippen molar-refractivity contribution in [3.05, 3.63) is 56.5 Å². The van der Waals surface area contributed by atoms with Crippen molar-refractivity contribution < 1.29 is 9.53 Å². The second-order valence-electron chi connectivity index (χ2n) is 3.81. The predicted octanol–water partition coefficient (Wildman–Crippen LogP) is 5.12.